The topological polar surface area (TPSA) is 55.8 Å². The van der Waals surface area contributed by atoms with E-state index in [2.05, 4.69) is 0 Å². The molecular weight excluding hydrogens is 232 g/mol. The van der Waals surface area contributed by atoms with Crippen LogP contribution in [0, 0.1) is 0 Å². The van der Waals surface area contributed by atoms with E-state index >= 15 is 0 Å². The van der Waals surface area contributed by atoms with Crippen molar-refractivity contribution in [3.63, 3.8) is 0 Å². The van der Waals surface area contributed by atoms with Gasteiger partial charge in [0, 0.05) is 13.7 Å². The van der Waals surface area contributed by atoms with Crippen LogP contribution in [0.1, 0.15) is 36.2 Å². The highest BCUT2D eigenvalue weighted by molar-refractivity contribution is 5.87. The van der Waals surface area contributed by atoms with Crippen molar-refractivity contribution in [2.75, 3.05) is 13.7 Å². The molecule has 0 radical (unpaired) electrons. The van der Waals surface area contributed by atoms with Crippen molar-refractivity contribution in [2.45, 2.75) is 32.5 Å². The monoisotopic (exact) mass is 252 g/mol. The van der Waals surface area contributed by atoms with E-state index in [9.17, 15) is 4.79 Å². The van der Waals surface area contributed by atoms with E-state index in [1.807, 2.05) is 19.9 Å². The summed E-state index contributed by atoms with van der Waals surface area (Å²) in [5, 5.41) is 8.86. The molecule has 0 unspecified atom stereocenters. The lowest BCUT2D eigenvalue weighted by atomic mass is 10.1. The van der Waals surface area contributed by atoms with Crippen molar-refractivity contribution in [2.24, 2.45) is 0 Å². The van der Waals surface area contributed by atoms with Crippen LogP contribution >= 0.6 is 0 Å². The van der Waals surface area contributed by atoms with E-state index in [0.717, 1.165) is 12.0 Å². The summed E-state index contributed by atoms with van der Waals surface area (Å²) in [6, 6.07) is 6.78. The van der Waals surface area contributed by atoms with E-state index in [-0.39, 0.29) is 11.2 Å². The summed E-state index contributed by atoms with van der Waals surface area (Å²) in [5.41, 5.74) is 0.960. The molecule has 0 saturated carbocycles. The van der Waals surface area contributed by atoms with Gasteiger partial charge in [-0.25, -0.2) is 4.79 Å². The average Bonchev–Trinajstić information content (AvgIpc) is 2.35. The van der Waals surface area contributed by atoms with Gasteiger partial charge in [0.2, 0.25) is 0 Å². The summed E-state index contributed by atoms with van der Waals surface area (Å²) in [6.45, 7) is 5.00. The van der Waals surface area contributed by atoms with Gasteiger partial charge in [0.25, 0.3) is 0 Å². The quantitative estimate of drug-likeness (QED) is 0.758. The SMILES string of the molecule is COC(C)(C)CCOCc1cccc(C(=O)O)c1. The van der Waals surface area contributed by atoms with Crippen LogP contribution in [-0.2, 0) is 16.1 Å². The minimum atomic E-state index is -0.919. The Morgan fingerprint density at radius 2 is 2.11 bits per heavy atom. The van der Waals surface area contributed by atoms with Crippen LogP contribution in [0.25, 0.3) is 0 Å². The van der Waals surface area contributed by atoms with E-state index in [1.165, 1.54) is 0 Å². The highest BCUT2D eigenvalue weighted by atomic mass is 16.5. The van der Waals surface area contributed by atoms with Gasteiger partial charge in [0.15, 0.2) is 0 Å². The van der Waals surface area contributed by atoms with Gasteiger partial charge < -0.3 is 14.6 Å². The van der Waals surface area contributed by atoms with Gasteiger partial charge in [-0.2, -0.15) is 0 Å². The Morgan fingerprint density at radius 3 is 2.72 bits per heavy atom. The van der Waals surface area contributed by atoms with Crippen LogP contribution < -0.4 is 0 Å². The number of hydrogen-bond acceptors (Lipinski definition) is 3. The Balaban J connectivity index is 2.40. The molecule has 0 saturated heterocycles. The molecule has 1 aromatic rings. The van der Waals surface area contributed by atoms with Gasteiger partial charge in [0.05, 0.1) is 17.8 Å². The smallest absolute Gasteiger partial charge is 0.335 e. The third-order valence-corrected chi connectivity index (χ3v) is 2.84. The van der Waals surface area contributed by atoms with E-state index < -0.39 is 5.97 Å². The van der Waals surface area contributed by atoms with Crippen LogP contribution in [0.5, 0.6) is 0 Å². The van der Waals surface area contributed by atoms with Gasteiger partial charge in [-0.1, -0.05) is 12.1 Å². The number of hydrogen-bond donors (Lipinski definition) is 1. The summed E-state index contributed by atoms with van der Waals surface area (Å²) in [7, 11) is 1.68. The molecule has 4 nitrogen and oxygen atoms in total. The molecule has 18 heavy (non-hydrogen) atoms. The van der Waals surface area contributed by atoms with E-state index in [1.54, 1.807) is 25.3 Å². The fourth-order valence-corrected chi connectivity index (χ4v) is 1.40. The zero-order valence-corrected chi connectivity index (χ0v) is 11.1. The summed E-state index contributed by atoms with van der Waals surface area (Å²) in [4.78, 5) is 10.8. The van der Waals surface area contributed by atoms with Crippen LogP contribution in [0.15, 0.2) is 24.3 Å². The van der Waals surface area contributed by atoms with E-state index in [0.29, 0.717) is 13.2 Å². The largest absolute Gasteiger partial charge is 0.478 e. The van der Waals surface area contributed by atoms with Crippen molar-refractivity contribution in [3.05, 3.63) is 35.4 Å². The molecule has 0 atom stereocenters. The van der Waals surface area contributed by atoms with Crippen molar-refractivity contribution >= 4 is 5.97 Å². The van der Waals surface area contributed by atoms with Gasteiger partial charge >= 0.3 is 5.97 Å². The predicted octanol–water partition coefficient (Wildman–Crippen LogP) is 2.72. The first-order chi connectivity index (χ1) is 8.44. The molecule has 0 fully saturated rings. The van der Waals surface area contributed by atoms with Crippen LogP contribution in [-0.4, -0.2) is 30.4 Å². The third-order valence-electron chi connectivity index (χ3n) is 2.84. The number of carboxylic acids is 1. The molecule has 1 N–H and O–H groups in total. The first-order valence-corrected chi connectivity index (χ1v) is 5.90. The molecule has 0 amide bonds. The maximum Gasteiger partial charge on any atom is 0.335 e. The molecule has 0 aliphatic rings. The number of benzene rings is 1. The fourth-order valence-electron chi connectivity index (χ4n) is 1.40. The van der Waals surface area contributed by atoms with Gasteiger partial charge in [-0.05, 0) is 38.0 Å². The molecule has 1 aromatic carbocycles. The van der Waals surface area contributed by atoms with Crippen LogP contribution in [0.2, 0.25) is 0 Å². The summed E-state index contributed by atoms with van der Waals surface area (Å²) in [5.74, 6) is -0.919. The predicted molar refractivity (Wildman–Crippen MR) is 68.8 cm³/mol. The van der Waals surface area contributed by atoms with Gasteiger partial charge in [0.1, 0.15) is 0 Å². The molecule has 0 heterocycles. The number of ether oxygens (including phenoxy) is 2. The van der Waals surface area contributed by atoms with Crippen molar-refractivity contribution in [1.82, 2.24) is 0 Å². The minimum Gasteiger partial charge on any atom is -0.478 e. The first kappa shape index (κ1) is 14.7. The molecule has 1 rings (SSSR count). The second-order valence-corrected chi connectivity index (χ2v) is 4.77. The summed E-state index contributed by atoms with van der Waals surface area (Å²) < 4.78 is 10.8. The maximum atomic E-state index is 10.8. The standard InChI is InChI=1S/C14H20O4/c1-14(2,17-3)7-8-18-10-11-5-4-6-12(9-11)13(15)16/h4-6,9H,7-8,10H2,1-3H3,(H,15,16). The number of carboxylic acid groups (broad SMARTS) is 1. The number of carbonyl (C=O) groups is 1. The Labute approximate surface area is 108 Å². The van der Waals surface area contributed by atoms with Crippen LogP contribution in [0.4, 0.5) is 0 Å². The summed E-state index contributed by atoms with van der Waals surface area (Å²) in [6.07, 6.45) is 0.794. The van der Waals surface area contributed by atoms with Gasteiger partial charge in [-0.3, -0.25) is 0 Å². The Bertz CT molecular complexity index is 399. The Morgan fingerprint density at radius 1 is 1.39 bits per heavy atom. The lowest BCUT2D eigenvalue weighted by molar-refractivity contribution is -0.0124. The lowest BCUT2D eigenvalue weighted by Gasteiger charge is -2.22. The Hall–Kier alpha value is -1.39. The Kier molecular flexibility index (Phi) is 5.31. The number of rotatable bonds is 7. The average molecular weight is 252 g/mol. The highest BCUT2D eigenvalue weighted by Gasteiger charge is 2.15. The molecule has 100 valence electrons. The molecule has 0 bridgehead atoms. The third kappa shape index (κ3) is 4.85. The lowest BCUT2D eigenvalue weighted by Crippen LogP contribution is -2.24. The molecular formula is C14H20O4. The molecule has 0 aliphatic heterocycles. The molecule has 0 spiro atoms. The zero-order valence-electron chi connectivity index (χ0n) is 11.1. The number of aromatic carboxylic acids is 1. The minimum absolute atomic E-state index is 0.192. The number of methoxy groups -OCH3 is 1. The highest BCUT2D eigenvalue weighted by Crippen LogP contribution is 2.13. The molecule has 4 heteroatoms. The van der Waals surface area contributed by atoms with Crippen molar-refractivity contribution in [1.29, 1.82) is 0 Å². The molecule has 0 aromatic heterocycles. The second-order valence-electron chi connectivity index (χ2n) is 4.77. The molecule has 0 aliphatic carbocycles. The summed E-state index contributed by atoms with van der Waals surface area (Å²) >= 11 is 0. The maximum absolute atomic E-state index is 10.8. The zero-order chi connectivity index (χ0) is 13.6. The van der Waals surface area contributed by atoms with Crippen LogP contribution in [0.3, 0.4) is 0 Å². The van der Waals surface area contributed by atoms with Crippen molar-refractivity contribution < 1.29 is 19.4 Å². The van der Waals surface area contributed by atoms with E-state index in [4.69, 9.17) is 14.6 Å². The van der Waals surface area contributed by atoms with Gasteiger partial charge in [-0.15, -0.1) is 0 Å². The fraction of sp³-hybridized carbons (Fsp3) is 0.500. The normalized spacial score (nSPS) is 11.5. The second kappa shape index (κ2) is 6.52. The van der Waals surface area contributed by atoms with Crippen molar-refractivity contribution in [3.8, 4) is 0 Å². The first-order valence-electron chi connectivity index (χ1n) is 5.90.